The molecule has 3 N–H and O–H groups in total. The summed E-state index contributed by atoms with van der Waals surface area (Å²) in [4.78, 5) is 4.27. The van der Waals surface area contributed by atoms with E-state index in [4.69, 9.17) is 5.73 Å². The van der Waals surface area contributed by atoms with E-state index in [1.54, 1.807) is 0 Å². The molecule has 3 nitrogen and oxygen atoms in total. The zero-order valence-corrected chi connectivity index (χ0v) is 12.6. The van der Waals surface area contributed by atoms with Gasteiger partial charge in [0.1, 0.15) is 0 Å². The first-order valence-corrected chi connectivity index (χ1v) is 7.09. The minimum Gasteiger partial charge on any atom is -0.382 e. The van der Waals surface area contributed by atoms with Crippen LogP contribution in [0.2, 0.25) is 0 Å². The molecule has 1 aliphatic carbocycles. The highest BCUT2D eigenvalue weighted by atomic mass is 35.5. The number of pyridine rings is 1. The Morgan fingerprint density at radius 1 is 1.15 bits per heavy atom. The third-order valence-corrected chi connectivity index (χ3v) is 4.10. The summed E-state index contributed by atoms with van der Waals surface area (Å²) >= 11 is 0. The topological polar surface area (TPSA) is 50.9 Å². The summed E-state index contributed by atoms with van der Waals surface area (Å²) in [6.45, 7) is 2.12. The molecule has 0 amide bonds. The molecule has 0 atom stereocenters. The number of aromatic nitrogens is 1. The molecular formula is C16H22ClN3. The fourth-order valence-electron chi connectivity index (χ4n) is 3.02. The number of halogens is 1. The molecule has 1 saturated carbocycles. The van der Waals surface area contributed by atoms with E-state index in [1.807, 2.05) is 12.4 Å². The molecule has 3 rings (SSSR count). The predicted molar refractivity (Wildman–Crippen MR) is 87.6 cm³/mol. The molecule has 0 saturated heterocycles. The Morgan fingerprint density at radius 2 is 1.90 bits per heavy atom. The van der Waals surface area contributed by atoms with E-state index in [1.165, 1.54) is 34.9 Å². The maximum atomic E-state index is 5.97. The van der Waals surface area contributed by atoms with E-state index in [9.17, 15) is 0 Å². The average Bonchev–Trinajstić information content (AvgIpc) is 2.42. The first-order valence-electron chi connectivity index (χ1n) is 7.09. The molecule has 20 heavy (non-hydrogen) atoms. The summed E-state index contributed by atoms with van der Waals surface area (Å²) < 4.78 is 0. The number of hydrogen-bond acceptors (Lipinski definition) is 3. The second-order valence-electron chi connectivity index (χ2n) is 5.62. The largest absolute Gasteiger partial charge is 0.382 e. The molecule has 0 spiro atoms. The van der Waals surface area contributed by atoms with E-state index in [2.05, 4.69) is 35.4 Å². The van der Waals surface area contributed by atoms with Crippen LogP contribution in [-0.4, -0.2) is 17.1 Å². The summed E-state index contributed by atoms with van der Waals surface area (Å²) in [5, 5.41) is 6.21. The number of fused-ring (bicyclic) bond motifs is 1. The van der Waals surface area contributed by atoms with Crippen molar-refractivity contribution in [1.29, 1.82) is 0 Å². The predicted octanol–water partition coefficient (Wildman–Crippen LogP) is 3.65. The number of benzene rings is 1. The van der Waals surface area contributed by atoms with Crippen LogP contribution in [0.4, 0.5) is 5.69 Å². The molecule has 1 fully saturated rings. The summed E-state index contributed by atoms with van der Waals surface area (Å²) in [5.41, 5.74) is 8.43. The van der Waals surface area contributed by atoms with Gasteiger partial charge in [0.15, 0.2) is 0 Å². The van der Waals surface area contributed by atoms with Gasteiger partial charge in [-0.2, -0.15) is 0 Å². The molecule has 2 aromatic rings. The lowest BCUT2D eigenvalue weighted by atomic mass is 9.91. The van der Waals surface area contributed by atoms with Crippen LogP contribution in [0.1, 0.15) is 31.2 Å². The normalized spacial score (nSPS) is 22.3. The van der Waals surface area contributed by atoms with Crippen LogP contribution in [0.25, 0.3) is 10.8 Å². The van der Waals surface area contributed by atoms with Crippen LogP contribution < -0.4 is 11.1 Å². The van der Waals surface area contributed by atoms with Crippen molar-refractivity contribution < 1.29 is 0 Å². The second-order valence-corrected chi connectivity index (χ2v) is 5.62. The van der Waals surface area contributed by atoms with Crippen molar-refractivity contribution in [3.05, 3.63) is 36.2 Å². The van der Waals surface area contributed by atoms with Crippen LogP contribution in [-0.2, 0) is 0 Å². The van der Waals surface area contributed by atoms with Crippen molar-refractivity contribution in [3.8, 4) is 0 Å². The van der Waals surface area contributed by atoms with E-state index >= 15 is 0 Å². The summed E-state index contributed by atoms with van der Waals surface area (Å²) in [6, 6.07) is 7.34. The van der Waals surface area contributed by atoms with Gasteiger partial charge in [0.05, 0.1) is 0 Å². The Hall–Kier alpha value is -1.32. The van der Waals surface area contributed by atoms with Gasteiger partial charge in [0.2, 0.25) is 0 Å². The Balaban J connectivity index is 0.00000147. The minimum absolute atomic E-state index is 0. The van der Waals surface area contributed by atoms with Gasteiger partial charge in [0, 0.05) is 40.9 Å². The Labute approximate surface area is 126 Å². The van der Waals surface area contributed by atoms with E-state index < -0.39 is 0 Å². The van der Waals surface area contributed by atoms with Gasteiger partial charge in [-0.05, 0) is 44.2 Å². The highest BCUT2D eigenvalue weighted by molar-refractivity contribution is 5.95. The first kappa shape index (κ1) is 15.1. The molecule has 0 radical (unpaired) electrons. The van der Waals surface area contributed by atoms with Gasteiger partial charge in [-0.3, -0.25) is 4.98 Å². The van der Waals surface area contributed by atoms with Crippen LogP contribution in [0.5, 0.6) is 0 Å². The number of rotatable bonds is 2. The third kappa shape index (κ3) is 3.05. The van der Waals surface area contributed by atoms with E-state index in [0.29, 0.717) is 12.1 Å². The lowest BCUT2D eigenvalue weighted by Gasteiger charge is -2.28. The SMILES string of the molecule is Cc1cncc2cccc(N[C@H]3CC[C@@H](N)CC3)c12.Cl. The lowest BCUT2D eigenvalue weighted by molar-refractivity contribution is 0.411. The second kappa shape index (κ2) is 6.42. The number of hydrogen-bond donors (Lipinski definition) is 2. The molecule has 108 valence electrons. The number of nitrogens with one attached hydrogen (secondary N) is 1. The maximum Gasteiger partial charge on any atom is 0.0425 e. The molecule has 1 aromatic carbocycles. The first-order chi connectivity index (χ1) is 9.24. The third-order valence-electron chi connectivity index (χ3n) is 4.10. The van der Waals surface area contributed by atoms with E-state index in [0.717, 1.165) is 12.8 Å². The fraction of sp³-hybridized carbons (Fsp3) is 0.438. The molecule has 1 aromatic heterocycles. The van der Waals surface area contributed by atoms with Gasteiger partial charge in [-0.15, -0.1) is 12.4 Å². The summed E-state index contributed by atoms with van der Waals surface area (Å²) in [6.07, 6.45) is 8.46. The molecule has 0 bridgehead atoms. The standard InChI is InChI=1S/C16H21N3.ClH/c1-11-9-18-10-12-3-2-4-15(16(11)12)19-14-7-5-13(17)6-8-14;/h2-4,9-10,13-14,19H,5-8,17H2,1H3;1H/t13-,14+;. The maximum absolute atomic E-state index is 5.97. The number of nitrogens with two attached hydrogens (primary N) is 1. The van der Waals surface area contributed by atoms with Crippen molar-refractivity contribution in [2.45, 2.75) is 44.7 Å². The van der Waals surface area contributed by atoms with Crippen molar-refractivity contribution in [3.63, 3.8) is 0 Å². The van der Waals surface area contributed by atoms with Gasteiger partial charge in [0.25, 0.3) is 0 Å². The Kier molecular flexibility index (Phi) is 4.84. The Bertz CT molecular complexity index is 572. The zero-order chi connectivity index (χ0) is 13.2. The monoisotopic (exact) mass is 291 g/mol. The molecule has 4 heteroatoms. The number of nitrogens with zero attached hydrogens (tertiary/aromatic N) is 1. The molecular weight excluding hydrogens is 270 g/mol. The molecule has 0 aliphatic heterocycles. The van der Waals surface area contributed by atoms with Crippen molar-refractivity contribution in [1.82, 2.24) is 4.98 Å². The highest BCUT2D eigenvalue weighted by Gasteiger charge is 2.18. The van der Waals surface area contributed by atoms with E-state index in [-0.39, 0.29) is 12.4 Å². The van der Waals surface area contributed by atoms with Crippen molar-refractivity contribution >= 4 is 28.9 Å². The number of aryl methyl sites for hydroxylation is 1. The quantitative estimate of drug-likeness (QED) is 0.888. The molecule has 1 heterocycles. The van der Waals surface area contributed by atoms with Crippen LogP contribution >= 0.6 is 12.4 Å². The van der Waals surface area contributed by atoms with Gasteiger partial charge in [-0.25, -0.2) is 0 Å². The van der Waals surface area contributed by atoms with Gasteiger partial charge < -0.3 is 11.1 Å². The highest BCUT2D eigenvalue weighted by Crippen LogP contribution is 2.28. The van der Waals surface area contributed by atoms with Gasteiger partial charge in [-0.1, -0.05) is 12.1 Å². The molecule has 1 aliphatic rings. The summed E-state index contributed by atoms with van der Waals surface area (Å²) in [7, 11) is 0. The Morgan fingerprint density at radius 3 is 2.65 bits per heavy atom. The lowest BCUT2D eigenvalue weighted by Crippen LogP contribution is -2.32. The average molecular weight is 292 g/mol. The van der Waals surface area contributed by atoms with Crippen LogP contribution in [0.15, 0.2) is 30.6 Å². The van der Waals surface area contributed by atoms with Crippen LogP contribution in [0.3, 0.4) is 0 Å². The van der Waals surface area contributed by atoms with Crippen molar-refractivity contribution in [2.75, 3.05) is 5.32 Å². The van der Waals surface area contributed by atoms with Crippen LogP contribution in [0, 0.1) is 6.92 Å². The zero-order valence-electron chi connectivity index (χ0n) is 11.8. The molecule has 0 unspecified atom stereocenters. The van der Waals surface area contributed by atoms with Gasteiger partial charge >= 0.3 is 0 Å². The number of anilines is 1. The van der Waals surface area contributed by atoms with Crippen molar-refractivity contribution in [2.24, 2.45) is 5.73 Å². The minimum atomic E-state index is 0. The summed E-state index contributed by atoms with van der Waals surface area (Å²) in [5.74, 6) is 0. The smallest absolute Gasteiger partial charge is 0.0425 e. The fourth-order valence-corrected chi connectivity index (χ4v) is 3.02.